The van der Waals surface area contributed by atoms with Gasteiger partial charge in [0.2, 0.25) is 5.95 Å². The molecule has 1 aliphatic heterocycles. The second kappa shape index (κ2) is 6.05. The van der Waals surface area contributed by atoms with Crippen molar-refractivity contribution in [1.82, 2.24) is 20.2 Å². The summed E-state index contributed by atoms with van der Waals surface area (Å²) >= 11 is 0. The number of fused-ring (bicyclic) bond motifs is 1. The Balaban J connectivity index is 1.84. The first kappa shape index (κ1) is 15.4. The van der Waals surface area contributed by atoms with Gasteiger partial charge >= 0.3 is 0 Å². The van der Waals surface area contributed by atoms with Gasteiger partial charge in [-0.1, -0.05) is 35.4 Å². The number of hydrogen-bond acceptors (Lipinski definition) is 5. The maximum absolute atomic E-state index is 5.53. The summed E-state index contributed by atoms with van der Waals surface area (Å²) in [7, 11) is 1.67. The van der Waals surface area contributed by atoms with Crippen LogP contribution in [0.3, 0.4) is 0 Å². The van der Waals surface area contributed by atoms with E-state index in [9.17, 15) is 0 Å². The number of ether oxygens (including phenoxy) is 1. The van der Waals surface area contributed by atoms with Crippen LogP contribution in [0.4, 0.5) is 5.95 Å². The fourth-order valence-corrected chi connectivity index (χ4v) is 3.06. The van der Waals surface area contributed by atoms with Crippen LogP contribution in [0.15, 0.2) is 48.5 Å². The number of anilines is 1. The van der Waals surface area contributed by atoms with E-state index in [0.717, 1.165) is 22.6 Å². The molecule has 4 rings (SSSR count). The normalized spacial score (nSPS) is 16.0. The molecule has 0 spiro atoms. The average molecular weight is 333 g/mol. The molecule has 0 fully saturated rings. The van der Waals surface area contributed by atoms with E-state index in [1.54, 1.807) is 11.8 Å². The van der Waals surface area contributed by atoms with Crippen LogP contribution in [0.25, 0.3) is 5.70 Å². The highest BCUT2D eigenvalue weighted by Crippen LogP contribution is 2.35. The van der Waals surface area contributed by atoms with Crippen LogP contribution >= 0.6 is 0 Å². The highest BCUT2D eigenvalue weighted by atomic mass is 16.5. The molecular formula is C19H19N5O. The molecule has 1 aromatic heterocycles. The molecule has 0 saturated carbocycles. The van der Waals surface area contributed by atoms with Crippen molar-refractivity contribution in [2.75, 3.05) is 12.4 Å². The third kappa shape index (κ3) is 2.65. The van der Waals surface area contributed by atoms with Crippen LogP contribution < -0.4 is 10.1 Å². The number of benzene rings is 2. The zero-order valence-corrected chi connectivity index (χ0v) is 14.4. The number of aromatic nitrogens is 4. The smallest absolute Gasteiger partial charge is 0.248 e. The van der Waals surface area contributed by atoms with E-state index in [1.165, 1.54) is 11.1 Å². The predicted molar refractivity (Wildman–Crippen MR) is 96.5 cm³/mol. The van der Waals surface area contributed by atoms with E-state index in [0.29, 0.717) is 5.95 Å². The minimum atomic E-state index is -0.140. The van der Waals surface area contributed by atoms with Gasteiger partial charge < -0.3 is 10.1 Å². The Hall–Kier alpha value is -3.15. The van der Waals surface area contributed by atoms with Crippen molar-refractivity contribution in [1.29, 1.82) is 0 Å². The molecule has 2 aromatic carbocycles. The Morgan fingerprint density at radius 1 is 1.08 bits per heavy atom. The molecule has 0 radical (unpaired) electrons. The van der Waals surface area contributed by atoms with Crippen molar-refractivity contribution < 1.29 is 4.74 Å². The van der Waals surface area contributed by atoms with Crippen molar-refractivity contribution in [2.24, 2.45) is 0 Å². The Bertz CT molecular complexity index is 960. The first-order valence-electron chi connectivity index (χ1n) is 8.14. The van der Waals surface area contributed by atoms with E-state index < -0.39 is 0 Å². The number of allylic oxidation sites excluding steroid dienone is 1. The van der Waals surface area contributed by atoms with Gasteiger partial charge in [0.1, 0.15) is 11.8 Å². The number of nitrogens with zero attached hydrogens (tertiary/aromatic N) is 4. The summed E-state index contributed by atoms with van der Waals surface area (Å²) in [6, 6.07) is 14.2. The van der Waals surface area contributed by atoms with E-state index in [1.807, 2.05) is 24.3 Å². The summed E-state index contributed by atoms with van der Waals surface area (Å²) in [5, 5.41) is 15.4. The maximum Gasteiger partial charge on any atom is 0.248 e. The number of methoxy groups -OCH3 is 1. The molecule has 6 nitrogen and oxygen atoms in total. The fraction of sp³-hybridized carbons (Fsp3) is 0.211. The standard InChI is InChI=1S/C19H19N5O/c1-12-8-9-14(10-13(12)2)16-11-17(24-19(20-16)21-22-23-24)15-6-4-5-7-18(15)25-3/h4-11,17H,1-3H3,(H,20,21,23). The SMILES string of the molecule is COc1ccccc1C1C=C(c2ccc(C)c(C)c2)Nc2nnnn21. The number of nitrogens with one attached hydrogen (secondary N) is 1. The van der Waals surface area contributed by atoms with Gasteiger partial charge in [-0.25, -0.2) is 0 Å². The Morgan fingerprint density at radius 3 is 2.72 bits per heavy atom. The first-order chi connectivity index (χ1) is 12.2. The summed E-state index contributed by atoms with van der Waals surface area (Å²) in [5.74, 6) is 1.43. The molecule has 1 N–H and O–H groups in total. The fourth-order valence-electron chi connectivity index (χ4n) is 3.06. The number of hydrogen-bond donors (Lipinski definition) is 1. The molecule has 1 unspecified atom stereocenters. The van der Waals surface area contributed by atoms with E-state index >= 15 is 0 Å². The maximum atomic E-state index is 5.53. The van der Waals surface area contributed by atoms with Gasteiger partial charge in [0.05, 0.1) is 7.11 Å². The molecule has 2 heterocycles. The third-order valence-electron chi connectivity index (χ3n) is 4.60. The molecule has 1 atom stereocenters. The number of para-hydroxylation sites is 1. The first-order valence-corrected chi connectivity index (χ1v) is 8.14. The quantitative estimate of drug-likeness (QED) is 0.796. The van der Waals surface area contributed by atoms with Crippen LogP contribution in [-0.4, -0.2) is 27.3 Å². The second-order valence-corrected chi connectivity index (χ2v) is 6.14. The predicted octanol–water partition coefficient (Wildman–Crippen LogP) is 3.35. The second-order valence-electron chi connectivity index (χ2n) is 6.14. The van der Waals surface area contributed by atoms with E-state index in [4.69, 9.17) is 4.74 Å². The number of rotatable bonds is 3. The highest BCUT2D eigenvalue weighted by Gasteiger charge is 2.26. The topological polar surface area (TPSA) is 64.9 Å². The van der Waals surface area contributed by atoms with Crippen molar-refractivity contribution >= 4 is 11.6 Å². The average Bonchev–Trinajstić information content (AvgIpc) is 3.12. The van der Waals surface area contributed by atoms with Gasteiger partial charge in [0.25, 0.3) is 0 Å². The van der Waals surface area contributed by atoms with Crippen LogP contribution in [0, 0.1) is 13.8 Å². The van der Waals surface area contributed by atoms with Crippen LogP contribution in [0.2, 0.25) is 0 Å². The third-order valence-corrected chi connectivity index (χ3v) is 4.60. The van der Waals surface area contributed by atoms with Crippen LogP contribution in [0.1, 0.15) is 28.3 Å². The summed E-state index contributed by atoms with van der Waals surface area (Å²) < 4.78 is 7.30. The van der Waals surface area contributed by atoms with Gasteiger partial charge in [-0.2, -0.15) is 4.68 Å². The van der Waals surface area contributed by atoms with Gasteiger partial charge in [-0.3, -0.25) is 0 Å². The minimum Gasteiger partial charge on any atom is -0.496 e. The van der Waals surface area contributed by atoms with Crippen molar-refractivity contribution in [2.45, 2.75) is 19.9 Å². The van der Waals surface area contributed by atoms with E-state index in [-0.39, 0.29) is 6.04 Å². The van der Waals surface area contributed by atoms with Crippen LogP contribution in [-0.2, 0) is 0 Å². The molecule has 0 amide bonds. The zero-order valence-electron chi connectivity index (χ0n) is 14.4. The summed E-state index contributed by atoms with van der Waals surface area (Å²) in [4.78, 5) is 0. The summed E-state index contributed by atoms with van der Waals surface area (Å²) in [6.07, 6.45) is 2.13. The lowest BCUT2D eigenvalue weighted by molar-refractivity contribution is 0.403. The zero-order chi connectivity index (χ0) is 17.4. The molecule has 6 heteroatoms. The Kier molecular flexibility index (Phi) is 3.72. The largest absolute Gasteiger partial charge is 0.496 e. The Morgan fingerprint density at radius 2 is 1.92 bits per heavy atom. The lowest BCUT2D eigenvalue weighted by Gasteiger charge is -2.24. The molecule has 3 aromatic rings. The van der Waals surface area contributed by atoms with E-state index in [2.05, 4.69) is 59.0 Å². The van der Waals surface area contributed by atoms with Crippen molar-refractivity contribution in [3.05, 3.63) is 70.8 Å². The molecule has 25 heavy (non-hydrogen) atoms. The molecule has 0 bridgehead atoms. The number of tetrazole rings is 1. The summed E-state index contributed by atoms with van der Waals surface area (Å²) in [5.41, 5.74) is 5.63. The molecule has 126 valence electrons. The van der Waals surface area contributed by atoms with Gasteiger partial charge in [-0.15, -0.1) is 0 Å². The lowest BCUT2D eigenvalue weighted by atomic mass is 9.99. The molecule has 0 saturated heterocycles. The summed E-state index contributed by atoms with van der Waals surface area (Å²) in [6.45, 7) is 4.23. The number of aryl methyl sites for hydroxylation is 2. The van der Waals surface area contributed by atoms with Gasteiger partial charge in [0, 0.05) is 11.3 Å². The van der Waals surface area contributed by atoms with Gasteiger partial charge in [-0.05, 0) is 59.2 Å². The Labute approximate surface area is 146 Å². The lowest BCUT2D eigenvalue weighted by Crippen LogP contribution is -2.20. The van der Waals surface area contributed by atoms with Crippen molar-refractivity contribution in [3.8, 4) is 5.75 Å². The molecule has 1 aliphatic rings. The van der Waals surface area contributed by atoms with Crippen molar-refractivity contribution in [3.63, 3.8) is 0 Å². The minimum absolute atomic E-state index is 0.140. The molecular weight excluding hydrogens is 314 g/mol. The molecule has 0 aliphatic carbocycles. The van der Waals surface area contributed by atoms with Crippen LogP contribution in [0.5, 0.6) is 5.75 Å². The van der Waals surface area contributed by atoms with Gasteiger partial charge in [0.15, 0.2) is 0 Å². The highest BCUT2D eigenvalue weighted by molar-refractivity contribution is 5.77. The monoisotopic (exact) mass is 333 g/mol.